The van der Waals surface area contributed by atoms with Crippen LogP contribution in [0.3, 0.4) is 0 Å². The molecule has 3 aliphatic rings. The van der Waals surface area contributed by atoms with E-state index in [1.54, 1.807) is 24.3 Å². The lowest BCUT2D eigenvalue weighted by Crippen LogP contribution is -2.51. The molecule has 7 nitrogen and oxygen atoms in total. The van der Waals surface area contributed by atoms with Gasteiger partial charge in [-0.1, -0.05) is 84.9 Å². The Morgan fingerprint density at radius 3 is 1.98 bits per heavy atom. The van der Waals surface area contributed by atoms with Gasteiger partial charge in [0.15, 0.2) is 10.2 Å². The summed E-state index contributed by atoms with van der Waals surface area (Å²) in [5, 5.41) is 25.3. The molecule has 9 heteroatoms. The van der Waals surface area contributed by atoms with Gasteiger partial charge in [-0.05, 0) is 116 Å². The van der Waals surface area contributed by atoms with Crippen LogP contribution < -0.4 is 5.32 Å². The molecule has 0 amide bonds. The van der Waals surface area contributed by atoms with Gasteiger partial charge in [0, 0.05) is 44.8 Å². The molecule has 0 spiro atoms. The van der Waals surface area contributed by atoms with Crippen LogP contribution in [0, 0.1) is 0 Å². The summed E-state index contributed by atoms with van der Waals surface area (Å²) in [4.78, 5) is 10.1. The van der Waals surface area contributed by atoms with Gasteiger partial charge in [0.2, 0.25) is 0 Å². The number of hydrogen-bond donors (Lipinski definition) is 3. The number of aromatic hydroxyl groups is 2. The number of phenols is 2. The van der Waals surface area contributed by atoms with E-state index in [9.17, 15) is 10.2 Å². The molecular weight excluding hydrogens is 671 g/mol. The Balaban J connectivity index is 1.11. The Morgan fingerprint density at radius 1 is 0.686 bits per heavy atom. The van der Waals surface area contributed by atoms with Gasteiger partial charge in [0.25, 0.3) is 0 Å². The van der Waals surface area contributed by atoms with Crippen molar-refractivity contribution in [1.29, 1.82) is 0 Å². The normalized spacial score (nSPS) is 21.4. The van der Waals surface area contributed by atoms with Crippen LogP contribution in [0.4, 0.5) is 0 Å². The smallest absolute Gasteiger partial charge is 0.172 e. The maximum atomic E-state index is 10.1. The number of likely N-dealkylation sites (tertiary alicyclic amines) is 1. The zero-order valence-corrected chi connectivity index (χ0v) is 30.8. The molecule has 3 saturated heterocycles. The van der Waals surface area contributed by atoms with Gasteiger partial charge in [0.1, 0.15) is 11.5 Å². The predicted octanol–water partition coefficient (Wildman–Crippen LogP) is 6.03. The number of rotatable bonds is 14. The molecule has 0 aromatic heterocycles. The molecule has 3 heterocycles. The first-order valence-electron chi connectivity index (χ1n) is 18.4. The minimum absolute atomic E-state index is 0.162. The Kier molecular flexibility index (Phi) is 11.4. The van der Waals surface area contributed by atoms with Crippen LogP contribution in [-0.4, -0.2) is 103 Å². The number of nitrogens with one attached hydrogen (secondary N) is 1. The molecule has 3 aliphatic heterocycles. The van der Waals surface area contributed by atoms with Crippen LogP contribution in [-0.2, 0) is 25.7 Å². The molecule has 0 saturated carbocycles. The van der Waals surface area contributed by atoms with Gasteiger partial charge in [0.05, 0.1) is 12.1 Å². The molecule has 4 aromatic rings. The summed E-state index contributed by atoms with van der Waals surface area (Å²) in [7, 11) is 0. The van der Waals surface area contributed by atoms with Crippen LogP contribution in [0.2, 0.25) is 0 Å². The summed E-state index contributed by atoms with van der Waals surface area (Å²) < 4.78 is 0. The molecule has 51 heavy (non-hydrogen) atoms. The lowest BCUT2D eigenvalue weighted by molar-refractivity contribution is 0.159. The highest BCUT2D eigenvalue weighted by Gasteiger charge is 2.40. The van der Waals surface area contributed by atoms with Gasteiger partial charge < -0.3 is 30.2 Å². The highest BCUT2D eigenvalue weighted by atomic mass is 32.1. The van der Waals surface area contributed by atoms with Crippen molar-refractivity contribution in [1.82, 2.24) is 24.9 Å². The third-order valence-corrected chi connectivity index (χ3v) is 11.8. The van der Waals surface area contributed by atoms with Gasteiger partial charge in [-0.15, -0.1) is 0 Å². The first kappa shape index (κ1) is 35.2. The van der Waals surface area contributed by atoms with Crippen molar-refractivity contribution in [2.75, 3.05) is 39.3 Å². The highest BCUT2D eigenvalue weighted by molar-refractivity contribution is 7.80. The number of nitrogens with zero attached hydrogens (tertiary/aromatic N) is 4. The quantitative estimate of drug-likeness (QED) is 0.136. The number of benzene rings is 4. The first-order valence-corrected chi connectivity index (χ1v) is 19.2. The summed E-state index contributed by atoms with van der Waals surface area (Å²) in [6.07, 6.45) is 5.92. The molecule has 0 bridgehead atoms. The van der Waals surface area contributed by atoms with Gasteiger partial charge in [-0.25, -0.2) is 0 Å². The van der Waals surface area contributed by atoms with Crippen molar-refractivity contribution in [2.45, 2.75) is 62.7 Å². The van der Waals surface area contributed by atoms with Gasteiger partial charge in [-0.3, -0.25) is 4.90 Å². The molecule has 0 unspecified atom stereocenters. The van der Waals surface area contributed by atoms with Crippen molar-refractivity contribution in [3.63, 3.8) is 0 Å². The molecular formula is C42H49N5O2S2. The minimum atomic E-state index is 0.162. The predicted molar refractivity (Wildman–Crippen MR) is 213 cm³/mol. The van der Waals surface area contributed by atoms with Crippen LogP contribution in [0.5, 0.6) is 11.5 Å². The van der Waals surface area contributed by atoms with E-state index in [1.807, 2.05) is 24.3 Å². The minimum Gasteiger partial charge on any atom is -0.508 e. The Labute approximate surface area is 313 Å². The number of phenolic OH excluding ortho intramolecular Hbond substituents is 2. The molecule has 3 N–H and O–H groups in total. The highest BCUT2D eigenvalue weighted by Crippen LogP contribution is 2.29. The van der Waals surface area contributed by atoms with Crippen LogP contribution in [0.25, 0.3) is 0 Å². The van der Waals surface area contributed by atoms with Crippen molar-refractivity contribution in [3.8, 4) is 11.5 Å². The SMILES string of the molecule is Oc1ccc(C[C@H]2CN([C@@H](Cc3ccc(O)cc3)CN3CCC[C@@H]3CN3C(=S)NC[C@@H]3Cc3ccccc3)C(=S)N2CCc2ccccc2)cc1. The maximum Gasteiger partial charge on any atom is 0.172 e. The van der Waals surface area contributed by atoms with Crippen molar-refractivity contribution in [3.05, 3.63) is 131 Å². The van der Waals surface area contributed by atoms with Crippen LogP contribution in [0.15, 0.2) is 109 Å². The van der Waals surface area contributed by atoms with E-state index in [0.29, 0.717) is 12.1 Å². The Hall–Kier alpha value is -4.18. The van der Waals surface area contributed by atoms with E-state index < -0.39 is 0 Å². The average molecular weight is 720 g/mol. The molecule has 266 valence electrons. The van der Waals surface area contributed by atoms with E-state index in [2.05, 4.69) is 85.6 Å². The summed E-state index contributed by atoms with van der Waals surface area (Å²) in [6, 6.07) is 37.8. The third kappa shape index (κ3) is 8.83. The summed E-state index contributed by atoms with van der Waals surface area (Å²) >= 11 is 12.3. The van der Waals surface area contributed by atoms with Crippen molar-refractivity contribution in [2.24, 2.45) is 0 Å². The second-order valence-corrected chi connectivity index (χ2v) is 15.1. The fraction of sp³-hybridized carbons (Fsp3) is 0.381. The van der Waals surface area contributed by atoms with E-state index in [4.69, 9.17) is 24.4 Å². The second kappa shape index (κ2) is 16.4. The number of hydrogen-bond acceptors (Lipinski definition) is 5. The van der Waals surface area contributed by atoms with Crippen molar-refractivity contribution >= 4 is 34.7 Å². The van der Waals surface area contributed by atoms with Crippen LogP contribution >= 0.6 is 24.4 Å². The first-order chi connectivity index (χ1) is 24.9. The average Bonchev–Trinajstić information content (AvgIpc) is 3.83. The Morgan fingerprint density at radius 2 is 1.29 bits per heavy atom. The molecule has 4 aromatic carbocycles. The van der Waals surface area contributed by atoms with E-state index in [-0.39, 0.29) is 23.6 Å². The van der Waals surface area contributed by atoms with E-state index in [1.165, 1.54) is 28.7 Å². The fourth-order valence-corrected chi connectivity index (χ4v) is 8.95. The fourth-order valence-electron chi connectivity index (χ4n) is 8.18. The second-order valence-electron chi connectivity index (χ2n) is 14.4. The summed E-state index contributed by atoms with van der Waals surface area (Å²) in [5.74, 6) is 0.571. The lowest BCUT2D eigenvalue weighted by Gasteiger charge is -2.37. The monoisotopic (exact) mass is 719 g/mol. The summed E-state index contributed by atoms with van der Waals surface area (Å²) in [5.41, 5.74) is 5.05. The van der Waals surface area contributed by atoms with E-state index >= 15 is 0 Å². The maximum absolute atomic E-state index is 10.1. The van der Waals surface area contributed by atoms with Crippen LogP contribution in [0.1, 0.15) is 35.1 Å². The molecule has 0 aliphatic carbocycles. The number of thiocarbonyl (C=S) groups is 2. The van der Waals surface area contributed by atoms with E-state index in [0.717, 1.165) is 81.6 Å². The molecule has 4 atom stereocenters. The lowest BCUT2D eigenvalue weighted by atomic mass is 10.0. The molecule has 7 rings (SSSR count). The van der Waals surface area contributed by atoms with Crippen molar-refractivity contribution < 1.29 is 10.2 Å². The zero-order chi connectivity index (χ0) is 35.2. The molecule has 3 fully saturated rings. The van der Waals surface area contributed by atoms with Gasteiger partial charge >= 0.3 is 0 Å². The summed E-state index contributed by atoms with van der Waals surface area (Å²) in [6.45, 7) is 5.46. The third-order valence-electron chi connectivity index (χ3n) is 10.9. The standard InChI is InChI=1S/C42H49N5O2S2/c48-39-17-13-33(14-18-39)25-37(28-44-22-7-12-35(44)29-46-36(27-43-41(46)50)24-32-10-5-2-6-11-32)47-30-38(26-34-15-19-40(49)20-16-34)45(42(47)51)23-21-31-8-3-1-4-9-31/h1-6,8-11,13-20,35-38,48-49H,7,12,21-30H2,(H,43,50)/t35-,36+,37+,38+/m1/s1. The largest absolute Gasteiger partial charge is 0.508 e. The van der Waals surface area contributed by atoms with Gasteiger partial charge in [-0.2, -0.15) is 0 Å². The topological polar surface area (TPSA) is 65.5 Å². The Bertz CT molecular complexity index is 1740. The zero-order valence-electron chi connectivity index (χ0n) is 29.2. The molecule has 0 radical (unpaired) electrons.